The largest absolute Gasteiger partial charge is 0.479 e. The molecule has 7 atom stereocenters. The van der Waals surface area contributed by atoms with Crippen molar-refractivity contribution in [3.8, 4) is 5.88 Å². The number of anilines is 1. The number of nitrogen functional groups attached to an aromatic ring is 1. The van der Waals surface area contributed by atoms with Crippen LogP contribution in [0.3, 0.4) is 0 Å². The van der Waals surface area contributed by atoms with E-state index in [2.05, 4.69) is 25.4 Å². The predicted octanol–water partition coefficient (Wildman–Crippen LogP) is -0.236. The number of nitrogens with two attached hydrogens (primary N) is 1. The number of hydrogen-bond acceptors (Lipinski definition) is 15. The molecule has 0 bridgehead atoms. The van der Waals surface area contributed by atoms with E-state index in [1.165, 1.54) is 38.9 Å². The van der Waals surface area contributed by atoms with E-state index < -0.39 is 73.5 Å². The molecule has 2 aliphatic heterocycles. The molecule has 0 unspecified atom stereocenters. The normalized spacial score (nSPS) is 27.9. The standard InChI is InChI=1S/C23H35N8O10PS/c1-10(2)40-19(34)11(3)29-42(37,43-8-12-17(33)27-22(35)30(12)5)39-7-13-15(32)23(4,36)20(41-13)31-9-25-14-16(31)26-21(24)28-18(14)38-6/h9-13,15,20,32,36H,7-8H2,1-6H3,(H,29,37)(H2,24,26,28)(H,27,33,35)/t11-,12+,13+,15+,20+,23+,42-/m0/s1. The number of likely N-dealkylation sites (N-methyl/N-ethyl adjacent to an activating group) is 1. The van der Waals surface area contributed by atoms with Gasteiger partial charge in [0, 0.05) is 12.8 Å². The van der Waals surface area contributed by atoms with Crippen molar-refractivity contribution in [1.82, 2.24) is 34.8 Å². The summed E-state index contributed by atoms with van der Waals surface area (Å²) in [5.74, 6) is -1.46. The van der Waals surface area contributed by atoms with Gasteiger partial charge in [-0.25, -0.2) is 14.9 Å². The third-order valence-electron chi connectivity index (χ3n) is 6.80. The maximum atomic E-state index is 14.0. The maximum absolute atomic E-state index is 14.0. The second-order valence-corrected chi connectivity index (χ2v) is 14.8. The van der Waals surface area contributed by atoms with E-state index in [0.29, 0.717) is 11.4 Å². The van der Waals surface area contributed by atoms with E-state index in [1.54, 1.807) is 13.8 Å². The predicted molar refractivity (Wildman–Crippen MR) is 152 cm³/mol. The van der Waals surface area contributed by atoms with Gasteiger partial charge in [-0.15, -0.1) is 0 Å². The minimum absolute atomic E-state index is 0.0942. The van der Waals surface area contributed by atoms with E-state index in [1.807, 2.05) is 0 Å². The fourth-order valence-corrected chi connectivity index (χ4v) is 8.43. The van der Waals surface area contributed by atoms with Gasteiger partial charge in [0.1, 0.15) is 29.9 Å². The molecule has 3 amide bonds. The fraction of sp³-hybridized carbons (Fsp3) is 0.652. The monoisotopic (exact) mass is 646 g/mol. The summed E-state index contributed by atoms with van der Waals surface area (Å²) in [4.78, 5) is 50.1. The number of hydrogen-bond donors (Lipinski definition) is 5. The number of carbonyl (C=O) groups is 3. The number of carbonyl (C=O) groups excluding carboxylic acids is 3. The van der Waals surface area contributed by atoms with E-state index >= 15 is 0 Å². The lowest BCUT2D eigenvalue weighted by Crippen LogP contribution is -2.44. The molecule has 2 saturated heterocycles. The van der Waals surface area contributed by atoms with Crippen LogP contribution in [0, 0.1) is 0 Å². The Morgan fingerprint density at radius 3 is 2.65 bits per heavy atom. The number of imide groups is 1. The van der Waals surface area contributed by atoms with Crippen LogP contribution in [0.2, 0.25) is 0 Å². The number of nitrogens with zero attached hydrogens (tertiary/aromatic N) is 5. The molecule has 43 heavy (non-hydrogen) atoms. The minimum atomic E-state index is -4.05. The van der Waals surface area contributed by atoms with Crippen LogP contribution in [0.1, 0.15) is 33.9 Å². The van der Waals surface area contributed by atoms with Crippen molar-refractivity contribution in [1.29, 1.82) is 0 Å². The lowest BCUT2D eigenvalue weighted by Gasteiger charge is -2.27. The number of amides is 3. The second kappa shape index (κ2) is 12.5. The quantitative estimate of drug-likeness (QED) is 0.114. The molecule has 0 aromatic carbocycles. The third kappa shape index (κ3) is 6.72. The average Bonchev–Trinajstić information content (AvgIpc) is 3.52. The number of esters is 1. The number of imidazole rings is 1. The highest BCUT2D eigenvalue weighted by atomic mass is 32.7. The molecule has 0 spiro atoms. The third-order valence-corrected chi connectivity index (χ3v) is 10.9. The van der Waals surface area contributed by atoms with Crippen LogP contribution >= 0.6 is 18.1 Å². The van der Waals surface area contributed by atoms with Crippen LogP contribution in [0.15, 0.2) is 6.33 Å². The van der Waals surface area contributed by atoms with Crippen LogP contribution in [0.4, 0.5) is 10.7 Å². The first-order valence-corrected chi connectivity index (χ1v) is 16.3. The molecule has 0 saturated carbocycles. The molecular weight excluding hydrogens is 611 g/mol. The molecule has 2 aliphatic rings. The summed E-state index contributed by atoms with van der Waals surface area (Å²) >= 11 is 0.686. The van der Waals surface area contributed by atoms with Gasteiger partial charge in [-0.2, -0.15) is 9.97 Å². The molecule has 4 rings (SSSR count). The van der Waals surface area contributed by atoms with Gasteiger partial charge in [0.05, 0.1) is 26.1 Å². The topological polar surface area (TPSA) is 243 Å². The van der Waals surface area contributed by atoms with Crippen LogP contribution in [0.25, 0.3) is 11.2 Å². The van der Waals surface area contributed by atoms with Crippen LogP contribution in [-0.4, -0.2) is 115 Å². The van der Waals surface area contributed by atoms with E-state index in [0.717, 1.165) is 4.90 Å². The zero-order valence-electron chi connectivity index (χ0n) is 24.3. The highest BCUT2D eigenvalue weighted by Gasteiger charge is 2.54. The first-order chi connectivity index (χ1) is 20.1. The van der Waals surface area contributed by atoms with Crippen molar-refractivity contribution in [2.75, 3.05) is 32.3 Å². The van der Waals surface area contributed by atoms with E-state index in [9.17, 15) is 29.2 Å². The molecule has 4 heterocycles. The zero-order valence-corrected chi connectivity index (χ0v) is 26.0. The lowest BCUT2D eigenvalue weighted by atomic mass is 9.96. The van der Waals surface area contributed by atoms with Crippen molar-refractivity contribution in [3.63, 3.8) is 0 Å². The van der Waals surface area contributed by atoms with Gasteiger partial charge in [-0.3, -0.25) is 24.0 Å². The number of aromatic nitrogens is 4. The fourth-order valence-electron chi connectivity index (χ4n) is 4.46. The van der Waals surface area contributed by atoms with E-state index in [4.69, 9.17) is 24.5 Å². The Balaban J connectivity index is 1.54. The average molecular weight is 647 g/mol. The smallest absolute Gasteiger partial charge is 0.327 e. The number of urea groups is 1. The van der Waals surface area contributed by atoms with Crippen LogP contribution in [0.5, 0.6) is 5.88 Å². The Bertz CT molecular complexity index is 1440. The SMILES string of the molecule is COc1nc(N)nc2c1ncn2[C@@H]1O[C@H](CO[P@@](=O)(N[C@@H](C)C(=O)OC(C)C)SC[C@@H]2C(=O)NC(=O)N2C)[C@@H](O)[C@@]1(C)O. The Morgan fingerprint density at radius 1 is 1.35 bits per heavy atom. The number of aliphatic hydroxyl groups excluding tert-OH is 1. The molecule has 0 aliphatic carbocycles. The number of fused-ring (bicyclic) bond motifs is 1. The molecule has 6 N–H and O–H groups in total. The lowest BCUT2D eigenvalue weighted by molar-refractivity contribution is -0.149. The summed E-state index contributed by atoms with van der Waals surface area (Å²) in [6, 6.07) is -2.66. The number of methoxy groups -OCH3 is 1. The Kier molecular flexibility index (Phi) is 9.55. The maximum Gasteiger partial charge on any atom is 0.327 e. The molecule has 20 heteroatoms. The molecule has 18 nitrogen and oxygen atoms in total. The van der Waals surface area contributed by atoms with Gasteiger partial charge < -0.3 is 39.6 Å². The summed E-state index contributed by atoms with van der Waals surface area (Å²) in [5.41, 5.74) is 4.27. The molecule has 2 fully saturated rings. The number of rotatable bonds is 12. The van der Waals surface area contributed by atoms with Gasteiger partial charge in [0.2, 0.25) is 11.8 Å². The summed E-state index contributed by atoms with van der Waals surface area (Å²) < 4.78 is 37.5. The Labute approximate surface area is 250 Å². The van der Waals surface area contributed by atoms with Crippen molar-refractivity contribution in [2.45, 2.75) is 69.9 Å². The second-order valence-electron chi connectivity index (χ2n) is 10.5. The first kappa shape index (κ1) is 32.8. The Morgan fingerprint density at radius 2 is 2.05 bits per heavy atom. The zero-order chi connectivity index (χ0) is 31.9. The van der Waals surface area contributed by atoms with Crippen molar-refractivity contribution >= 4 is 53.1 Å². The van der Waals surface area contributed by atoms with E-state index in [-0.39, 0.29) is 28.7 Å². The Hall–Kier alpha value is -3.06. The highest BCUT2D eigenvalue weighted by molar-refractivity contribution is 8.56. The summed E-state index contributed by atoms with van der Waals surface area (Å²) in [5, 5.41) is 27.1. The molecule has 2 aromatic heterocycles. The molecule has 0 radical (unpaired) electrons. The molecular formula is C23H35N8O10PS. The number of aliphatic hydroxyl groups is 2. The van der Waals surface area contributed by atoms with Gasteiger partial charge in [-0.05, 0) is 27.7 Å². The number of nitrogens with one attached hydrogen (secondary N) is 2. The molecule has 2 aromatic rings. The van der Waals surface area contributed by atoms with Crippen LogP contribution in [-0.2, 0) is 28.2 Å². The minimum Gasteiger partial charge on any atom is -0.479 e. The highest BCUT2D eigenvalue weighted by Crippen LogP contribution is 2.57. The summed E-state index contributed by atoms with van der Waals surface area (Å²) in [7, 11) is 2.79. The van der Waals surface area contributed by atoms with Gasteiger partial charge in [-0.1, -0.05) is 11.4 Å². The van der Waals surface area contributed by atoms with Crippen LogP contribution < -0.4 is 20.9 Å². The molecule has 238 valence electrons. The summed E-state index contributed by atoms with van der Waals surface area (Å²) in [6.07, 6.45) is -3.16. The van der Waals surface area contributed by atoms with Crippen molar-refractivity contribution in [3.05, 3.63) is 6.33 Å². The van der Waals surface area contributed by atoms with Crippen molar-refractivity contribution < 1.29 is 47.9 Å². The van der Waals surface area contributed by atoms with Gasteiger partial charge in [0.15, 0.2) is 17.4 Å². The van der Waals surface area contributed by atoms with Crippen molar-refractivity contribution in [2.24, 2.45) is 0 Å². The number of ether oxygens (including phenoxy) is 3. The first-order valence-electron chi connectivity index (χ1n) is 13.1. The van der Waals surface area contributed by atoms with Gasteiger partial charge in [0.25, 0.3) is 5.91 Å². The van der Waals surface area contributed by atoms with Gasteiger partial charge >= 0.3 is 18.7 Å². The summed E-state index contributed by atoms with van der Waals surface area (Å²) in [6.45, 7) is 1.49.